The maximum atomic E-state index is 11.2. The average molecular weight is 258 g/mol. The van der Waals surface area contributed by atoms with Crippen molar-refractivity contribution in [2.45, 2.75) is 26.3 Å². The van der Waals surface area contributed by atoms with Gasteiger partial charge >= 0.3 is 5.97 Å². The Labute approximate surface area is 109 Å². The lowest BCUT2D eigenvalue weighted by Gasteiger charge is -2.13. The van der Waals surface area contributed by atoms with Crippen molar-refractivity contribution in [1.29, 1.82) is 0 Å². The molecule has 0 saturated carbocycles. The van der Waals surface area contributed by atoms with Crippen LogP contribution in [0.15, 0.2) is 30.3 Å². The lowest BCUT2D eigenvalue weighted by Crippen LogP contribution is -2.30. The Balaban J connectivity index is 0.00000256. The van der Waals surface area contributed by atoms with Gasteiger partial charge in [-0.1, -0.05) is 44.2 Å². The summed E-state index contributed by atoms with van der Waals surface area (Å²) < 4.78 is 5.07. The average Bonchev–Trinajstić information content (AvgIpc) is 2.27. The number of rotatable bonds is 5. The molecule has 1 aromatic rings. The molecule has 0 fully saturated rings. The van der Waals surface area contributed by atoms with Crippen LogP contribution in [0.5, 0.6) is 0 Å². The van der Waals surface area contributed by atoms with Crippen molar-refractivity contribution in [2.75, 3.05) is 6.61 Å². The third-order valence-electron chi connectivity index (χ3n) is 2.25. The van der Waals surface area contributed by atoms with Crippen LogP contribution in [-0.2, 0) is 16.0 Å². The van der Waals surface area contributed by atoms with Crippen LogP contribution >= 0.6 is 12.4 Å². The van der Waals surface area contributed by atoms with Crippen LogP contribution in [-0.4, -0.2) is 18.6 Å². The van der Waals surface area contributed by atoms with Gasteiger partial charge in [-0.05, 0) is 12.0 Å². The van der Waals surface area contributed by atoms with Crippen molar-refractivity contribution in [3.63, 3.8) is 0 Å². The van der Waals surface area contributed by atoms with E-state index >= 15 is 0 Å². The van der Waals surface area contributed by atoms with E-state index < -0.39 is 0 Å². The molecule has 0 heterocycles. The Hall–Kier alpha value is -1.06. The zero-order chi connectivity index (χ0) is 12.0. The summed E-state index contributed by atoms with van der Waals surface area (Å²) in [5.41, 5.74) is 7.04. The van der Waals surface area contributed by atoms with Crippen molar-refractivity contribution < 1.29 is 9.53 Å². The van der Waals surface area contributed by atoms with E-state index in [-0.39, 0.29) is 36.9 Å². The number of nitrogens with two attached hydrogens (primary N) is 1. The molecular weight excluding hydrogens is 238 g/mol. The van der Waals surface area contributed by atoms with Gasteiger partial charge in [0.1, 0.15) is 6.61 Å². The standard InChI is InChI=1S/C13H19NO2.ClH/c1-10(2)13(15)16-9-12(14)8-11-6-4-3-5-7-11;/h3-7,10,12H,8-9,14H2,1-2H3;1H/t12-;/m1./s1. The molecule has 2 N–H and O–H groups in total. The van der Waals surface area contributed by atoms with Gasteiger partial charge in [0, 0.05) is 6.04 Å². The summed E-state index contributed by atoms with van der Waals surface area (Å²) in [4.78, 5) is 11.2. The van der Waals surface area contributed by atoms with Gasteiger partial charge in [-0.15, -0.1) is 12.4 Å². The van der Waals surface area contributed by atoms with Gasteiger partial charge in [-0.3, -0.25) is 4.79 Å². The molecule has 0 aliphatic rings. The first-order chi connectivity index (χ1) is 7.59. The van der Waals surface area contributed by atoms with Gasteiger partial charge in [0.2, 0.25) is 0 Å². The Morgan fingerprint density at radius 3 is 2.41 bits per heavy atom. The number of esters is 1. The van der Waals surface area contributed by atoms with Crippen molar-refractivity contribution in [2.24, 2.45) is 11.7 Å². The Morgan fingerprint density at radius 1 is 1.29 bits per heavy atom. The SMILES string of the molecule is CC(C)C(=O)OC[C@H](N)Cc1ccccc1.Cl. The number of ether oxygens (including phenoxy) is 1. The summed E-state index contributed by atoms with van der Waals surface area (Å²) in [7, 11) is 0. The molecule has 0 aliphatic carbocycles. The molecule has 96 valence electrons. The fourth-order valence-electron chi connectivity index (χ4n) is 1.33. The van der Waals surface area contributed by atoms with Crippen LogP contribution in [0.1, 0.15) is 19.4 Å². The summed E-state index contributed by atoms with van der Waals surface area (Å²) in [5, 5.41) is 0. The molecule has 17 heavy (non-hydrogen) atoms. The molecule has 4 heteroatoms. The number of halogens is 1. The van der Waals surface area contributed by atoms with E-state index in [0.717, 1.165) is 12.0 Å². The number of hydrogen-bond donors (Lipinski definition) is 1. The normalized spacial score (nSPS) is 11.8. The van der Waals surface area contributed by atoms with Gasteiger partial charge in [0.15, 0.2) is 0 Å². The minimum Gasteiger partial charge on any atom is -0.464 e. The van der Waals surface area contributed by atoms with E-state index in [9.17, 15) is 4.79 Å². The molecule has 0 aliphatic heterocycles. The second-order valence-electron chi connectivity index (χ2n) is 4.23. The summed E-state index contributed by atoms with van der Waals surface area (Å²) >= 11 is 0. The molecule has 0 unspecified atom stereocenters. The van der Waals surface area contributed by atoms with Gasteiger partial charge in [0.25, 0.3) is 0 Å². The highest BCUT2D eigenvalue weighted by Crippen LogP contribution is 2.03. The molecule has 0 aromatic heterocycles. The molecular formula is C13H20ClNO2. The molecule has 1 aromatic carbocycles. The molecule has 1 rings (SSSR count). The number of carbonyl (C=O) groups excluding carboxylic acids is 1. The summed E-state index contributed by atoms with van der Waals surface area (Å²) in [6.07, 6.45) is 0.728. The van der Waals surface area contributed by atoms with Crippen LogP contribution in [0, 0.1) is 5.92 Å². The second-order valence-corrected chi connectivity index (χ2v) is 4.23. The molecule has 0 saturated heterocycles. The lowest BCUT2D eigenvalue weighted by molar-refractivity contribution is -0.147. The van der Waals surface area contributed by atoms with Crippen LogP contribution < -0.4 is 5.73 Å². The number of carbonyl (C=O) groups is 1. The Bertz CT molecular complexity index is 327. The third-order valence-corrected chi connectivity index (χ3v) is 2.25. The highest BCUT2D eigenvalue weighted by Gasteiger charge is 2.11. The van der Waals surface area contributed by atoms with Crippen molar-refractivity contribution >= 4 is 18.4 Å². The maximum Gasteiger partial charge on any atom is 0.308 e. The highest BCUT2D eigenvalue weighted by atomic mass is 35.5. The van der Waals surface area contributed by atoms with Gasteiger partial charge in [0.05, 0.1) is 5.92 Å². The van der Waals surface area contributed by atoms with Crippen LogP contribution in [0.3, 0.4) is 0 Å². The zero-order valence-electron chi connectivity index (χ0n) is 10.3. The fraction of sp³-hybridized carbons (Fsp3) is 0.462. The summed E-state index contributed by atoms with van der Waals surface area (Å²) in [6, 6.07) is 9.82. The molecule has 1 atom stereocenters. The lowest BCUT2D eigenvalue weighted by atomic mass is 10.1. The van der Waals surface area contributed by atoms with Crippen molar-refractivity contribution in [3.05, 3.63) is 35.9 Å². The van der Waals surface area contributed by atoms with Gasteiger partial charge in [-0.25, -0.2) is 0 Å². The van der Waals surface area contributed by atoms with E-state index in [0.29, 0.717) is 0 Å². The quantitative estimate of drug-likeness (QED) is 0.823. The maximum absolute atomic E-state index is 11.2. The van der Waals surface area contributed by atoms with E-state index in [2.05, 4.69) is 0 Å². The molecule has 0 spiro atoms. The monoisotopic (exact) mass is 257 g/mol. The summed E-state index contributed by atoms with van der Waals surface area (Å²) in [5.74, 6) is -0.285. The minimum atomic E-state index is -0.191. The van der Waals surface area contributed by atoms with Gasteiger partial charge < -0.3 is 10.5 Å². The van der Waals surface area contributed by atoms with Crippen LogP contribution in [0.4, 0.5) is 0 Å². The highest BCUT2D eigenvalue weighted by molar-refractivity contribution is 5.85. The fourth-order valence-corrected chi connectivity index (χ4v) is 1.33. The van der Waals surface area contributed by atoms with Gasteiger partial charge in [-0.2, -0.15) is 0 Å². The predicted octanol–water partition coefficient (Wildman–Crippen LogP) is 2.18. The first-order valence-corrected chi connectivity index (χ1v) is 5.55. The van der Waals surface area contributed by atoms with E-state index in [1.54, 1.807) is 0 Å². The van der Waals surface area contributed by atoms with Crippen molar-refractivity contribution in [1.82, 2.24) is 0 Å². The smallest absolute Gasteiger partial charge is 0.308 e. The van der Waals surface area contributed by atoms with E-state index in [1.165, 1.54) is 0 Å². The molecule has 0 amide bonds. The van der Waals surface area contributed by atoms with E-state index in [4.69, 9.17) is 10.5 Å². The second kappa shape index (κ2) is 8.09. The molecule has 3 nitrogen and oxygen atoms in total. The first kappa shape index (κ1) is 15.9. The number of benzene rings is 1. The summed E-state index contributed by atoms with van der Waals surface area (Å²) in [6.45, 7) is 3.90. The Kier molecular flexibility index (Phi) is 7.59. The topological polar surface area (TPSA) is 52.3 Å². The molecule has 0 radical (unpaired) electrons. The predicted molar refractivity (Wildman–Crippen MR) is 71.2 cm³/mol. The zero-order valence-corrected chi connectivity index (χ0v) is 11.1. The largest absolute Gasteiger partial charge is 0.464 e. The first-order valence-electron chi connectivity index (χ1n) is 5.55. The third kappa shape index (κ3) is 6.29. The Morgan fingerprint density at radius 2 is 1.88 bits per heavy atom. The van der Waals surface area contributed by atoms with Crippen LogP contribution in [0.2, 0.25) is 0 Å². The van der Waals surface area contributed by atoms with E-state index in [1.807, 2.05) is 44.2 Å². The number of hydrogen-bond acceptors (Lipinski definition) is 3. The van der Waals surface area contributed by atoms with Crippen molar-refractivity contribution in [3.8, 4) is 0 Å². The van der Waals surface area contributed by atoms with Crippen LogP contribution in [0.25, 0.3) is 0 Å². The minimum absolute atomic E-state index is 0. The molecule has 0 bridgehead atoms.